The Bertz CT molecular complexity index is 248. The molecule has 0 aromatic carbocycles. The van der Waals surface area contributed by atoms with Gasteiger partial charge in [0, 0.05) is 13.1 Å². The molecular formula is C12H25N5. The average Bonchev–Trinajstić information content (AvgIpc) is 2.31. The van der Waals surface area contributed by atoms with E-state index in [0.717, 1.165) is 39.0 Å². The molecule has 0 spiro atoms. The number of rotatable bonds is 7. The molecule has 5 nitrogen and oxygen atoms in total. The molecule has 0 atom stereocenters. The number of nitrogens with one attached hydrogen (secondary N) is 1. The van der Waals surface area contributed by atoms with E-state index in [0.29, 0.717) is 0 Å². The summed E-state index contributed by atoms with van der Waals surface area (Å²) in [5.74, 6) is 0. The van der Waals surface area contributed by atoms with Crippen LogP contribution in [-0.4, -0.2) is 57.2 Å². The van der Waals surface area contributed by atoms with E-state index in [2.05, 4.69) is 40.0 Å². The van der Waals surface area contributed by atoms with Gasteiger partial charge in [-0.2, -0.15) is 0 Å². The summed E-state index contributed by atoms with van der Waals surface area (Å²) in [5, 5.41) is 6.29. The molecule has 0 saturated heterocycles. The molecule has 0 rings (SSSR count). The summed E-state index contributed by atoms with van der Waals surface area (Å²) in [4.78, 5) is 13.5. The van der Waals surface area contributed by atoms with E-state index in [1.165, 1.54) is 0 Å². The molecule has 1 N–H and O–H groups in total. The SMILES string of the molecule is CCCN=C=N.CCN=C=NCCCN(C)C. The summed E-state index contributed by atoms with van der Waals surface area (Å²) in [6.07, 6.45) is 2.09. The van der Waals surface area contributed by atoms with E-state index in [-0.39, 0.29) is 0 Å². The topological polar surface area (TPSA) is 64.2 Å². The van der Waals surface area contributed by atoms with Crippen molar-refractivity contribution in [2.24, 2.45) is 15.0 Å². The van der Waals surface area contributed by atoms with Crippen LogP contribution in [0.25, 0.3) is 0 Å². The van der Waals surface area contributed by atoms with Crippen molar-refractivity contribution in [2.75, 3.05) is 40.3 Å². The summed E-state index contributed by atoms with van der Waals surface area (Å²) < 4.78 is 0. The Hall–Kier alpha value is -1.28. The molecule has 0 radical (unpaired) electrons. The van der Waals surface area contributed by atoms with Crippen molar-refractivity contribution >= 4 is 12.0 Å². The van der Waals surface area contributed by atoms with Gasteiger partial charge in [-0.3, -0.25) is 0 Å². The van der Waals surface area contributed by atoms with Crippen molar-refractivity contribution < 1.29 is 0 Å². The van der Waals surface area contributed by atoms with Gasteiger partial charge in [-0.05, 0) is 40.4 Å². The van der Waals surface area contributed by atoms with Crippen LogP contribution in [-0.2, 0) is 0 Å². The van der Waals surface area contributed by atoms with E-state index in [1.807, 2.05) is 19.9 Å². The van der Waals surface area contributed by atoms with E-state index in [9.17, 15) is 0 Å². The highest BCUT2D eigenvalue weighted by Gasteiger charge is 1.86. The average molecular weight is 239 g/mol. The monoisotopic (exact) mass is 239 g/mol. The maximum absolute atomic E-state index is 6.29. The molecule has 0 aromatic heterocycles. The molecule has 5 heteroatoms. The van der Waals surface area contributed by atoms with Crippen LogP contribution in [0.1, 0.15) is 26.7 Å². The number of hydrogen-bond acceptors (Lipinski definition) is 5. The molecule has 0 amide bonds. The van der Waals surface area contributed by atoms with Gasteiger partial charge in [0.15, 0.2) is 0 Å². The second-order valence-corrected chi connectivity index (χ2v) is 3.61. The van der Waals surface area contributed by atoms with E-state index in [1.54, 1.807) is 0 Å². The van der Waals surface area contributed by atoms with Gasteiger partial charge in [0.25, 0.3) is 0 Å². The van der Waals surface area contributed by atoms with E-state index in [4.69, 9.17) is 5.41 Å². The van der Waals surface area contributed by atoms with E-state index < -0.39 is 0 Å². The predicted molar refractivity (Wildman–Crippen MR) is 73.8 cm³/mol. The molecule has 0 bridgehead atoms. The third kappa shape index (κ3) is 25.2. The van der Waals surface area contributed by atoms with Crippen LogP contribution in [0.4, 0.5) is 0 Å². The van der Waals surface area contributed by atoms with Crippen LogP contribution in [0, 0.1) is 5.41 Å². The molecule has 0 aliphatic heterocycles. The third-order valence-electron chi connectivity index (χ3n) is 1.59. The van der Waals surface area contributed by atoms with Gasteiger partial charge in [0.1, 0.15) is 0 Å². The lowest BCUT2D eigenvalue weighted by molar-refractivity contribution is 0.403. The first-order valence-electron chi connectivity index (χ1n) is 5.99. The molecule has 17 heavy (non-hydrogen) atoms. The lowest BCUT2D eigenvalue weighted by atomic mass is 10.4. The quantitative estimate of drug-likeness (QED) is 0.537. The van der Waals surface area contributed by atoms with Gasteiger partial charge < -0.3 is 4.90 Å². The minimum Gasteiger partial charge on any atom is -0.309 e. The first-order chi connectivity index (χ1) is 8.18. The Morgan fingerprint density at radius 3 is 2.18 bits per heavy atom. The van der Waals surface area contributed by atoms with Crippen LogP contribution in [0.3, 0.4) is 0 Å². The van der Waals surface area contributed by atoms with Gasteiger partial charge in [-0.1, -0.05) is 6.92 Å². The van der Waals surface area contributed by atoms with Crippen LogP contribution in [0.5, 0.6) is 0 Å². The minimum atomic E-state index is 0.740. The highest BCUT2D eigenvalue weighted by atomic mass is 15.0. The number of aliphatic imine (C=N–C) groups is 3. The Balaban J connectivity index is 0. The molecule has 0 aliphatic carbocycles. The summed E-state index contributed by atoms with van der Waals surface area (Å²) in [7, 11) is 4.12. The van der Waals surface area contributed by atoms with Crippen molar-refractivity contribution in [2.45, 2.75) is 26.7 Å². The molecule has 0 saturated carbocycles. The Labute approximate surface area is 105 Å². The van der Waals surface area contributed by atoms with Gasteiger partial charge in [0.2, 0.25) is 0 Å². The second-order valence-electron chi connectivity index (χ2n) is 3.61. The summed E-state index contributed by atoms with van der Waals surface area (Å²) in [5.41, 5.74) is 0. The smallest absolute Gasteiger partial charge is 0.0892 e. The zero-order chi connectivity index (χ0) is 13.4. The molecule has 0 aromatic rings. The third-order valence-corrected chi connectivity index (χ3v) is 1.59. The first kappa shape index (κ1) is 18.1. The molecule has 0 aliphatic rings. The fourth-order valence-corrected chi connectivity index (χ4v) is 0.804. The van der Waals surface area contributed by atoms with Gasteiger partial charge in [-0.15, -0.1) is 0 Å². The van der Waals surface area contributed by atoms with Crippen molar-refractivity contribution in [3.63, 3.8) is 0 Å². The maximum Gasteiger partial charge on any atom is 0.0892 e. The standard InChI is InChI=1S/C8H17N3.C4H8N2/c1-4-9-8-10-6-5-7-11(2)3;1-2-3-6-4-5/h4-7H2,1-3H3;5H,2-3H2,1H3. The van der Waals surface area contributed by atoms with Gasteiger partial charge in [0.05, 0.1) is 18.6 Å². The molecule has 0 unspecified atom stereocenters. The largest absolute Gasteiger partial charge is 0.309 e. The Morgan fingerprint density at radius 2 is 1.76 bits per heavy atom. The molecule has 0 heterocycles. The van der Waals surface area contributed by atoms with Gasteiger partial charge >= 0.3 is 0 Å². The second kappa shape index (κ2) is 17.1. The fraction of sp³-hybridized carbons (Fsp3) is 0.833. The van der Waals surface area contributed by atoms with Crippen LogP contribution >= 0.6 is 0 Å². The molecule has 0 fully saturated rings. The van der Waals surface area contributed by atoms with Crippen LogP contribution in [0.2, 0.25) is 0 Å². The Morgan fingerprint density at radius 1 is 1.06 bits per heavy atom. The molecule has 98 valence electrons. The molecular weight excluding hydrogens is 214 g/mol. The Kier molecular flexibility index (Phi) is 18.2. The highest BCUT2D eigenvalue weighted by molar-refractivity contribution is 5.40. The fourth-order valence-electron chi connectivity index (χ4n) is 0.804. The lowest BCUT2D eigenvalue weighted by Gasteiger charge is -2.05. The maximum atomic E-state index is 6.29. The van der Waals surface area contributed by atoms with Crippen molar-refractivity contribution in [1.29, 1.82) is 5.41 Å². The van der Waals surface area contributed by atoms with Crippen molar-refractivity contribution in [3.05, 3.63) is 0 Å². The van der Waals surface area contributed by atoms with Crippen molar-refractivity contribution in [1.82, 2.24) is 4.90 Å². The lowest BCUT2D eigenvalue weighted by Crippen LogP contribution is -2.13. The zero-order valence-corrected chi connectivity index (χ0v) is 11.5. The number of nitrogens with zero attached hydrogens (tertiary/aromatic N) is 4. The normalized spacial score (nSPS) is 8.53. The minimum absolute atomic E-state index is 0.740. The predicted octanol–water partition coefficient (Wildman–Crippen LogP) is 2.28. The van der Waals surface area contributed by atoms with Crippen molar-refractivity contribution in [3.8, 4) is 0 Å². The summed E-state index contributed by atoms with van der Waals surface area (Å²) >= 11 is 0. The van der Waals surface area contributed by atoms with Gasteiger partial charge in [-0.25, -0.2) is 20.4 Å². The summed E-state index contributed by atoms with van der Waals surface area (Å²) in [6, 6.07) is 4.58. The first-order valence-corrected chi connectivity index (χ1v) is 5.99. The van der Waals surface area contributed by atoms with E-state index >= 15 is 0 Å². The van der Waals surface area contributed by atoms with Crippen LogP contribution in [0.15, 0.2) is 15.0 Å². The highest BCUT2D eigenvalue weighted by Crippen LogP contribution is 1.82. The summed E-state index contributed by atoms with van der Waals surface area (Å²) in [6.45, 7) is 7.42. The zero-order valence-electron chi connectivity index (χ0n) is 11.5. The number of hydrogen-bond donors (Lipinski definition) is 1. The van der Waals surface area contributed by atoms with Crippen LogP contribution < -0.4 is 0 Å².